The van der Waals surface area contributed by atoms with Crippen LogP contribution in [0.2, 0.25) is 10.2 Å². The lowest BCUT2D eigenvalue weighted by Gasteiger charge is -2.55. The van der Waals surface area contributed by atoms with Crippen LogP contribution in [-0.4, -0.2) is 57.3 Å². The van der Waals surface area contributed by atoms with E-state index >= 15 is 0 Å². The zero-order valence-electron chi connectivity index (χ0n) is 17.6. The summed E-state index contributed by atoms with van der Waals surface area (Å²) in [5.74, 6) is -0.816. The Morgan fingerprint density at radius 2 is 1.88 bits per heavy atom. The number of H-pyrrole nitrogens is 1. The molecular weight excluding hydrogens is 454 g/mol. The molecule has 1 aromatic carbocycles. The molecule has 0 atom stereocenters. The van der Waals surface area contributed by atoms with Crippen LogP contribution in [0.25, 0.3) is 5.52 Å². The third-order valence-corrected chi connectivity index (χ3v) is 7.90. The van der Waals surface area contributed by atoms with Crippen LogP contribution in [0.15, 0.2) is 35.3 Å². The molecule has 1 amide bonds. The number of carbonyl (C=O) groups excluding carboxylic acids is 1. The molecule has 0 radical (unpaired) electrons. The van der Waals surface area contributed by atoms with Gasteiger partial charge in [0.15, 0.2) is 0 Å². The van der Waals surface area contributed by atoms with E-state index in [0.29, 0.717) is 30.7 Å². The van der Waals surface area contributed by atoms with Gasteiger partial charge >= 0.3 is 0 Å². The maximum absolute atomic E-state index is 14.6. The zero-order chi connectivity index (χ0) is 22.6. The van der Waals surface area contributed by atoms with E-state index in [1.807, 2.05) is 0 Å². The average Bonchev–Trinajstić information content (AvgIpc) is 3.11. The number of aromatic amines is 1. The Hall–Kier alpha value is -2.35. The maximum Gasteiger partial charge on any atom is 0.272 e. The maximum atomic E-state index is 14.6. The fraction of sp³-hybridized carbons (Fsp3) is 0.391. The summed E-state index contributed by atoms with van der Waals surface area (Å²) in [6.45, 7) is 2.36. The Labute approximate surface area is 194 Å². The van der Waals surface area contributed by atoms with Gasteiger partial charge in [-0.05, 0) is 50.1 Å². The minimum Gasteiger partial charge on any atom is -0.338 e. The summed E-state index contributed by atoms with van der Waals surface area (Å²) in [6.07, 6.45) is 4.89. The van der Waals surface area contributed by atoms with Crippen molar-refractivity contribution < 1.29 is 9.18 Å². The molecule has 5 rings (SSSR count). The molecule has 9 heteroatoms. The van der Waals surface area contributed by atoms with Gasteiger partial charge < -0.3 is 14.8 Å². The van der Waals surface area contributed by atoms with Crippen molar-refractivity contribution in [1.29, 1.82) is 0 Å². The van der Waals surface area contributed by atoms with Crippen LogP contribution in [0.3, 0.4) is 0 Å². The van der Waals surface area contributed by atoms with Crippen LogP contribution in [0.1, 0.15) is 40.9 Å². The van der Waals surface area contributed by atoms with Gasteiger partial charge in [-0.1, -0.05) is 29.3 Å². The van der Waals surface area contributed by atoms with E-state index in [2.05, 4.69) is 16.9 Å². The minimum absolute atomic E-state index is 0.0673. The molecule has 6 nitrogen and oxygen atoms in total. The molecule has 3 aromatic rings. The molecule has 1 spiro atoms. The fourth-order valence-corrected chi connectivity index (χ4v) is 5.40. The van der Waals surface area contributed by atoms with Crippen LogP contribution in [0, 0.1) is 5.82 Å². The molecular formula is C23H23Cl2FN4O2. The van der Waals surface area contributed by atoms with E-state index in [9.17, 15) is 14.0 Å². The van der Waals surface area contributed by atoms with Gasteiger partial charge in [0.1, 0.15) is 16.5 Å². The van der Waals surface area contributed by atoms with Crippen LogP contribution < -0.4 is 5.56 Å². The molecule has 2 aliphatic rings. The number of amides is 1. The number of rotatable bonds is 3. The second kappa shape index (κ2) is 7.90. The standard InChI is InChI=1S/C23H23Cl2FN4O2/c1-28-7-4-23(28)5-8-29(9-6-23)22(32)16-11-14(2-3-18(16)26)10-15-13-27-21(31)19-12-17(24)20(25)30(15)19/h2-3,11-13H,4-10H2,1H3,(H,27,31). The van der Waals surface area contributed by atoms with Crippen LogP contribution in [0.5, 0.6) is 0 Å². The number of likely N-dealkylation sites (tertiary alicyclic amines) is 2. The summed E-state index contributed by atoms with van der Waals surface area (Å²) in [5.41, 5.74) is 1.71. The number of benzene rings is 1. The quantitative estimate of drug-likeness (QED) is 0.621. The molecule has 2 aliphatic heterocycles. The van der Waals surface area contributed by atoms with E-state index in [1.165, 1.54) is 12.1 Å². The highest BCUT2D eigenvalue weighted by atomic mass is 35.5. The summed E-state index contributed by atoms with van der Waals surface area (Å²) < 4.78 is 16.2. The molecule has 0 unspecified atom stereocenters. The Balaban J connectivity index is 1.40. The summed E-state index contributed by atoms with van der Waals surface area (Å²) in [6, 6.07) is 6.05. The zero-order valence-corrected chi connectivity index (χ0v) is 19.1. The number of aromatic nitrogens is 2. The summed E-state index contributed by atoms with van der Waals surface area (Å²) in [4.78, 5) is 32.0. The minimum atomic E-state index is -0.534. The van der Waals surface area contributed by atoms with Crippen molar-refractivity contribution in [2.24, 2.45) is 0 Å². The van der Waals surface area contributed by atoms with Crippen LogP contribution >= 0.6 is 23.2 Å². The number of carbonyl (C=O) groups is 1. The highest BCUT2D eigenvalue weighted by Gasteiger charge is 2.45. The first kappa shape index (κ1) is 21.5. The number of nitrogens with zero attached hydrogens (tertiary/aromatic N) is 3. The molecule has 168 valence electrons. The van der Waals surface area contributed by atoms with E-state index in [0.717, 1.165) is 31.4 Å². The SMILES string of the molecule is CN1CCC12CCN(C(=O)c1cc(Cc3c[nH]c(=O)c4cc(Cl)c(Cl)n34)ccc1F)CC2. The van der Waals surface area contributed by atoms with E-state index in [-0.39, 0.29) is 32.7 Å². The Bertz CT molecular complexity index is 1280. The van der Waals surface area contributed by atoms with Gasteiger partial charge in [0.2, 0.25) is 0 Å². The van der Waals surface area contributed by atoms with Gasteiger partial charge in [-0.15, -0.1) is 0 Å². The normalized spacial score (nSPS) is 18.3. The van der Waals surface area contributed by atoms with Gasteiger partial charge in [0.05, 0.1) is 10.6 Å². The third-order valence-electron chi connectivity index (χ3n) is 7.14. The number of fused-ring (bicyclic) bond motifs is 1. The van der Waals surface area contributed by atoms with E-state index < -0.39 is 5.82 Å². The predicted octanol–water partition coefficient (Wildman–Crippen LogP) is 3.97. The molecule has 2 aromatic heterocycles. The van der Waals surface area contributed by atoms with Gasteiger partial charge in [-0.2, -0.15) is 0 Å². The first-order chi connectivity index (χ1) is 15.3. The van der Waals surface area contributed by atoms with E-state index in [1.54, 1.807) is 27.6 Å². The highest BCUT2D eigenvalue weighted by molar-refractivity contribution is 6.42. The molecule has 32 heavy (non-hydrogen) atoms. The van der Waals surface area contributed by atoms with Gasteiger partial charge in [0, 0.05) is 43.5 Å². The second-order valence-electron chi connectivity index (χ2n) is 8.79. The lowest BCUT2D eigenvalue weighted by molar-refractivity contribution is -0.0349. The lowest BCUT2D eigenvalue weighted by Crippen LogP contribution is -2.62. The predicted molar refractivity (Wildman–Crippen MR) is 122 cm³/mol. The highest BCUT2D eigenvalue weighted by Crippen LogP contribution is 2.38. The number of halogens is 3. The van der Waals surface area contributed by atoms with Crippen LogP contribution in [0.4, 0.5) is 4.39 Å². The molecule has 2 saturated heterocycles. The Kier molecular flexibility index (Phi) is 5.31. The fourth-order valence-electron chi connectivity index (χ4n) is 4.96. The van der Waals surface area contributed by atoms with Crippen molar-refractivity contribution in [3.05, 3.63) is 73.6 Å². The van der Waals surface area contributed by atoms with Crippen molar-refractivity contribution in [1.82, 2.24) is 19.2 Å². The lowest BCUT2D eigenvalue weighted by atomic mass is 9.77. The number of nitrogens with one attached hydrogen (secondary N) is 1. The molecule has 0 saturated carbocycles. The Morgan fingerprint density at radius 3 is 2.53 bits per heavy atom. The number of hydrogen-bond donors (Lipinski definition) is 1. The number of hydrogen-bond acceptors (Lipinski definition) is 3. The average molecular weight is 477 g/mol. The van der Waals surface area contributed by atoms with Crippen molar-refractivity contribution in [3.8, 4) is 0 Å². The van der Waals surface area contributed by atoms with Gasteiger partial charge in [0.25, 0.3) is 11.5 Å². The number of piperidine rings is 1. The van der Waals surface area contributed by atoms with Gasteiger partial charge in [-0.25, -0.2) is 4.39 Å². The smallest absolute Gasteiger partial charge is 0.272 e. The molecule has 4 heterocycles. The van der Waals surface area contributed by atoms with Crippen molar-refractivity contribution in [3.63, 3.8) is 0 Å². The molecule has 2 fully saturated rings. The van der Waals surface area contributed by atoms with Crippen LogP contribution in [-0.2, 0) is 6.42 Å². The monoisotopic (exact) mass is 476 g/mol. The summed E-state index contributed by atoms with van der Waals surface area (Å²) >= 11 is 12.4. The molecule has 1 N–H and O–H groups in total. The third kappa shape index (κ3) is 3.43. The van der Waals surface area contributed by atoms with E-state index in [4.69, 9.17) is 23.2 Å². The van der Waals surface area contributed by atoms with Crippen molar-refractivity contribution in [2.75, 3.05) is 26.7 Å². The van der Waals surface area contributed by atoms with Gasteiger partial charge in [-0.3, -0.25) is 14.0 Å². The summed E-state index contributed by atoms with van der Waals surface area (Å²) in [7, 11) is 2.13. The van der Waals surface area contributed by atoms with Crippen molar-refractivity contribution >= 4 is 34.6 Å². The largest absolute Gasteiger partial charge is 0.338 e. The Morgan fingerprint density at radius 1 is 1.16 bits per heavy atom. The first-order valence-corrected chi connectivity index (χ1v) is 11.4. The molecule has 0 bridgehead atoms. The summed E-state index contributed by atoms with van der Waals surface area (Å²) in [5, 5.41) is 0.518. The van der Waals surface area contributed by atoms with Crippen molar-refractivity contribution in [2.45, 2.75) is 31.2 Å². The second-order valence-corrected chi connectivity index (χ2v) is 9.56. The first-order valence-electron chi connectivity index (χ1n) is 10.6. The topological polar surface area (TPSA) is 60.8 Å². The molecule has 0 aliphatic carbocycles.